The first-order chi connectivity index (χ1) is 13.1. The van der Waals surface area contributed by atoms with Crippen LogP contribution in [0.4, 0.5) is 4.39 Å². The van der Waals surface area contributed by atoms with Crippen molar-refractivity contribution in [3.8, 4) is 0 Å². The van der Waals surface area contributed by atoms with Crippen molar-refractivity contribution in [2.75, 3.05) is 12.3 Å². The van der Waals surface area contributed by atoms with Crippen LogP contribution < -0.4 is 0 Å². The quantitative estimate of drug-likeness (QED) is 0.446. The maximum absolute atomic E-state index is 14.0. The first-order valence-electron chi connectivity index (χ1n) is 8.81. The maximum Gasteiger partial charge on any atom is 0.233 e. The Bertz CT molecular complexity index is 809. The van der Waals surface area contributed by atoms with Gasteiger partial charge < -0.3 is 4.90 Å². The molecule has 0 saturated heterocycles. The molecule has 144 valence electrons. The highest BCUT2D eigenvalue weighted by atomic mass is 79.9. The molecule has 6 nitrogen and oxygen atoms in total. The second-order valence-electron chi connectivity index (χ2n) is 6.43. The fourth-order valence-corrected chi connectivity index (χ4v) is 4.41. The molecule has 1 aromatic heterocycles. The van der Waals surface area contributed by atoms with Crippen molar-refractivity contribution < 1.29 is 9.18 Å². The molecule has 0 N–H and O–H groups in total. The lowest BCUT2D eigenvalue weighted by molar-refractivity contribution is -0.128. The molecule has 0 aliphatic heterocycles. The minimum Gasteiger partial charge on any atom is -0.334 e. The van der Waals surface area contributed by atoms with Gasteiger partial charge >= 0.3 is 0 Å². The zero-order valence-corrected chi connectivity index (χ0v) is 17.3. The molecule has 0 radical (unpaired) electrons. The van der Waals surface area contributed by atoms with Crippen LogP contribution in [0.5, 0.6) is 0 Å². The van der Waals surface area contributed by atoms with Gasteiger partial charge in [-0.3, -0.25) is 4.79 Å². The first kappa shape index (κ1) is 20.0. The Kier molecular flexibility index (Phi) is 7.01. The van der Waals surface area contributed by atoms with Gasteiger partial charge in [0.1, 0.15) is 5.82 Å². The Morgan fingerprint density at radius 2 is 2.22 bits per heavy atom. The van der Waals surface area contributed by atoms with E-state index < -0.39 is 0 Å². The second-order valence-corrected chi connectivity index (χ2v) is 8.29. The Morgan fingerprint density at radius 1 is 1.44 bits per heavy atom. The molecular weight excluding hydrogens is 433 g/mol. The summed E-state index contributed by atoms with van der Waals surface area (Å²) >= 11 is 4.66. The number of rotatable bonds is 8. The first-order valence-corrected chi connectivity index (χ1v) is 10.6. The van der Waals surface area contributed by atoms with Crippen LogP contribution >= 0.6 is 27.7 Å². The number of carbonyl (C=O) groups excluding carboxylic acids is 1. The van der Waals surface area contributed by atoms with E-state index in [1.807, 2.05) is 4.68 Å². The largest absolute Gasteiger partial charge is 0.334 e. The molecule has 9 heteroatoms. The second kappa shape index (κ2) is 9.45. The van der Waals surface area contributed by atoms with Gasteiger partial charge in [0.2, 0.25) is 11.1 Å². The van der Waals surface area contributed by atoms with E-state index >= 15 is 0 Å². The molecule has 3 rings (SSSR count). The van der Waals surface area contributed by atoms with Crippen LogP contribution in [0.2, 0.25) is 0 Å². The van der Waals surface area contributed by atoms with Crippen molar-refractivity contribution in [2.24, 2.45) is 0 Å². The molecule has 0 atom stereocenters. The number of benzene rings is 1. The Morgan fingerprint density at radius 3 is 2.96 bits per heavy atom. The highest BCUT2D eigenvalue weighted by Crippen LogP contribution is 2.31. The minimum absolute atomic E-state index is 0.111. The van der Waals surface area contributed by atoms with Gasteiger partial charge in [-0.25, -0.2) is 9.07 Å². The van der Waals surface area contributed by atoms with Crippen molar-refractivity contribution in [1.82, 2.24) is 25.1 Å². The number of hydrogen-bond acceptors (Lipinski definition) is 5. The van der Waals surface area contributed by atoms with Crippen molar-refractivity contribution in [3.63, 3.8) is 0 Å². The van der Waals surface area contributed by atoms with Gasteiger partial charge in [-0.2, -0.15) is 0 Å². The lowest BCUT2D eigenvalue weighted by Gasteiger charge is -2.21. The topological polar surface area (TPSA) is 63.9 Å². The number of carbonyl (C=O) groups is 1. The molecular formula is C18H21BrFN5OS. The molecule has 0 spiro atoms. The number of aromatic nitrogens is 4. The van der Waals surface area contributed by atoms with Gasteiger partial charge in [0.25, 0.3) is 0 Å². The highest BCUT2D eigenvalue weighted by Gasteiger charge is 2.23. The average molecular weight is 454 g/mol. The van der Waals surface area contributed by atoms with Crippen molar-refractivity contribution in [1.29, 1.82) is 0 Å². The van der Waals surface area contributed by atoms with Gasteiger partial charge in [0, 0.05) is 23.1 Å². The number of nitrogens with zero attached hydrogens (tertiary/aromatic N) is 5. The van der Waals surface area contributed by atoms with E-state index in [4.69, 9.17) is 0 Å². The molecule has 1 fully saturated rings. The summed E-state index contributed by atoms with van der Waals surface area (Å²) in [4.78, 5) is 14.3. The molecule has 0 unspecified atom stereocenters. The summed E-state index contributed by atoms with van der Waals surface area (Å²) in [7, 11) is 0. The van der Waals surface area contributed by atoms with Crippen LogP contribution in [0.1, 0.15) is 37.3 Å². The lowest BCUT2D eigenvalue weighted by atomic mass is 10.2. The zero-order chi connectivity index (χ0) is 19.2. The normalized spacial score (nSPS) is 14.4. The summed E-state index contributed by atoms with van der Waals surface area (Å²) in [6.45, 7) is 4.23. The van der Waals surface area contributed by atoms with Gasteiger partial charge in [-0.1, -0.05) is 46.6 Å². The predicted octanol–water partition coefficient (Wildman–Crippen LogP) is 4.00. The molecule has 1 aliphatic carbocycles. The molecule has 1 heterocycles. The Balaban J connectivity index is 1.64. The molecule has 1 saturated carbocycles. The standard InChI is InChI=1S/C18H21BrFN5OS/c1-2-9-24(11-13-10-14(19)7-8-16(13)20)17(26)12-27-18-21-22-23-25(18)15-5-3-4-6-15/h2,7-8,10,15H,1,3-6,9,11-12H2. The molecule has 1 amide bonds. The van der Waals surface area contributed by atoms with E-state index in [1.54, 1.807) is 23.1 Å². The number of thioether (sulfide) groups is 1. The van der Waals surface area contributed by atoms with E-state index in [9.17, 15) is 9.18 Å². The van der Waals surface area contributed by atoms with Crippen LogP contribution in [0.25, 0.3) is 0 Å². The van der Waals surface area contributed by atoms with Crippen molar-refractivity contribution >= 4 is 33.6 Å². The Hall–Kier alpha value is -1.74. The highest BCUT2D eigenvalue weighted by molar-refractivity contribution is 9.10. The lowest BCUT2D eigenvalue weighted by Crippen LogP contribution is -2.32. The molecule has 27 heavy (non-hydrogen) atoms. The third-order valence-electron chi connectivity index (χ3n) is 4.53. The summed E-state index contributed by atoms with van der Waals surface area (Å²) in [5.74, 6) is -0.255. The smallest absolute Gasteiger partial charge is 0.233 e. The van der Waals surface area contributed by atoms with Crippen LogP contribution in [-0.2, 0) is 11.3 Å². The molecule has 2 aromatic rings. The van der Waals surface area contributed by atoms with E-state index in [1.165, 1.54) is 30.7 Å². The van der Waals surface area contributed by atoms with Crippen LogP contribution in [0.3, 0.4) is 0 Å². The van der Waals surface area contributed by atoms with Gasteiger partial charge in [0.05, 0.1) is 11.8 Å². The van der Waals surface area contributed by atoms with Crippen LogP contribution in [0, 0.1) is 5.82 Å². The Labute approximate surface area is 170 Å². The van der Waals surface area contributed by atoms with E-state index in [0.717, 1.165) is 17.3 Å². The number of tetrazole rings is 1. The third-order valence-corrected chi connectivity index (χ3v) is 5.94. The van der Waals surface area contributed by atoms with Crippen LogP contribution in [0.15, 0.2) is 40.5 Å². The van der Waals surface area contributed by atoms with Crippen LogP contribution in [-0.4, -0.2) is 43.3 Å². The zero-order valence-electron chi connectivity index (χ0n) is 14.9. The average Bonchev–Trinajstić information content (AvgIpc) is 3.33. The van der Waals surface area contributed by atoms with Gasteiger partial charge in [-0.05, 0) is 41.5 Å². The summed E-state index contributed by atoms with van der Waals surface area (Å²) in [6, 6.07) is 5.03. The number of hydrogen-bond donors (Lipinski definition) is 0. The third kappa shape index (κ3) is 5.16. The van der Waals surface area contributed by atoms with Gasteiger partial charge in [0.15, 0.2) is 0 Å². The molecule has 1 aromatic carbocycles. The monoisotopic (exact) mass is 453 g/mol. The van der Waals surface area contributed by atoms with E-state index in [0.29, 0.717) is 23.3 Å². The number of halogens is 2. The van der Waals surface area contributed by atoms with E-state index in [2.05, 4.69) is 38.0 Å². The van der Waals surface area contributed by atoms with Crippen molar-refractivity contribution in [3.05, 3.63) is 46.7 Å². The minimum atomic E-state index is -0.335. The van der Waals surface area contributed by atoms with Gasteiger partial charge in [-0.15, -0.1) is 11.7 Å². The van der Waals surface area contributed by atoms with E-state index in [-0.39, 0.29) is 24.0 Å². The summed E-state index contributed by atoms with van der Waals surface area (Å²) in [6.07, 6.45) is 6.13. The summed E-state index contributed by atoms with van der Waals surface area (Å²) in [5.41, 5.74) is 0.459. The number of amides is 1. The molecule has 0 bridgehead atoms. The fourth-order valence-electron chi connectivity index (χ4n) is 3.16. The summed E-state index contributed by atoms with van der Waals surface area (Å²) < 4.78 is 16.7. The van der Waals surface area contributed by atoms with Crippen molar-refractivity contribution in [2.45, 2.75) is 43.4 Å². The fraction of sp³-hybridized carbons (Fsp3) is 0.444. The summed E-state index contributed by atoms with van der Waals surface area (Å²) in [5, 5.41) is 12.6. The SMILES string of the molecule is C=CCN(Cc1cc(Br)ccc1F)C(=O)CSc1nnnn1C1CCCC1. The molecule has 1 aliphatic rings. The predicted molar refractivity (Wildman–Crippen MR) is 106 cm³/mol. The maximum atomic E-state index is 14.0.